The van der Waals surface area contributed by atoms with Gasteiger partial charge in [0.1, 0.15) is 0 Å². The van der Waals surface area contributed by atoms with Crippen LogP contribution in [0.3, 0.4) is 0 Å². The minimum Gasteiger partial charge on any atom is -0.412 e. The fourth-order valence-corrected chi connectivity index (χ4v) is 1.63. The number of hydrogen-bond donors (Lipinski definition) is 3. The highest BCUT2D eigenvalue weighted by molar-refractivity contribution is 6.69. The molecule has 11 heavy (non-hydrogen) atoms. The lowest BCUT2D eigenvalue weighted by atomic mass is 11.8. The summed E-state index contributed by atoms with van der Waals surface area (Å²) in [6, 6.07) is 0. The Balaban J connectivity index is 0. The molecule has 0 rings (SSSR count). The second-order valence-electron chi connectivity index (χ2n) is 2.85. The normalized spacial score (nSPS) is 12.5. The molecule has 0 aromatic carbocycles. The van der Waals surface area contributed by atoms with Gasteiger partial charge in [0, 0.05) is 0 Å². The summed E-state index contributed by atoms with van der Waals surface area (Å²) in [5, 5.41) is 0. The summed E-state index contributed by atoms with van der Waals surface area (Å²) < 4.78 is 8.51. The molecule has 5 N–H and O–H groups in total. The summed E-state index contributed by atoms with van der Waals surface area (Å²) in [4.78, 5) is 24.9. The fraction of sp³-hybridized carbons (Fsp3) is 1.00. The summed E-state index contributed by atoms with van der Waals surface area (Å²) in [6.07, 6.45) is 0. The Morgan fingerprint density at radius 1 is 0.909 bits per heavy atom. The Morgan fingerprint density at radius 2 is 1.27 bits per heavy atom. The van der Waals surface area contributed by atoms with Gasteiger partial charge in [-0.25, -0.2) is 4.58 Å². The van der Waals surface area contributed by atoms with E-state index in [-0.39, 0.29) is 5.48 Å². The van der Waals surface area contributed by atoms with Crippen LogP contribution in [0, 0.1) is 0 Å². The lowest BCUT2D eigenvalue weighted by molar-refractivity contribution is -0.187. The topological polar surface area (TPSA) is 111 Å². The molecule has 0 bridgehead atoms. The molecule has 8 heteroatoms. The van der Waals surface area contributed by atoms with Crippen molar-refractivity contribution in [1.82, 2.24) is 0 Å². The minimum absolute atomic E-state index is 0. The van der Waals surface area contributed by atoms with Crippen molar-refractivity contribution in [3.63, 3.8) is 0 Å². The van der Waals surface area contributed by atoms with Gasteiger partial charge in [-0.1, -0.05) is 0 Å². The van der Waals surface area contributed by atoms with Crippen LogP contribution in [0.2, 0.25) is 19.6 Å². The SMILES string of the molecule is C[Si](C)(C)OO[Si](O)(O)O.O. The predicted octanol–water partition coefficient (Wildman–Crippen LogP) is -1.64. The first kappa shape index (κ1) is 13.8. The van der Waals surface area contributed by atoms with Crippen LogP contribution in [-0.4, -0.2) is 37.2 Å². The van der Waals surface area contributed by atoms with E-state index >= 15 is 0 Å². The van der Waals surface area contributed by atoms with Crippen LogP contribution in [0.4, 0.5) is 0 Å². The Labute approximate surface area is 66.9 Å². The smallest absolute Gasteiger partial charge is 0.412 e. The van der Waals surface area contributed by atoms with E-state index in [4.69, 9.17) is 14.4 Å². The van der Waals surface area contributed by atoms with Gasteiger partial charge in [-0.2, -0.15) is 0 Å². The average molecular weight is 202 g/mol. The molecule has 0 saturated heterocycles. The molecule has 0 aliphatic carbocycles. The summed E-state index contributed by atoms with van der Waals surface area (Å²) in [6.45, 7) is 5.35. The summed E-state index contributed by atoms with van der Waals surface area (Å²) in [7, 11) is -6.39. The third-order valence-electron chi connectivity index (χ3n) is 0.403. The molecule has 0 aromatic rings. The second-order valence-corrected chi connectivity index (χ2v) is 8.56. The van der Waals surface area contributed by atoms with Crippen molar-refractivity contribution in [3.8, 4) is 0 Å². The Morgan fingerprint density at radius 3 is 1.36 bits per heavy atom. The molecule has 0 heterocycles. The summed E-state index contributed by atoms with van der Waals surface area (Å²) in [5.74, 6) is 0. The van der Waals surface area contributed by atoms with E-state index in [0.29, 0.717) is 0 Å². The van der Waals surface area contributed by atoms with Gasteiger partial charge in [0.05, 0.1) is 0 Å². The maximum absolute atomic E-state index is 8.31. The van der Waals surface area contributed by atoms with Gasteiger partial charge in [-0.05, 0) is 19.6 Å². The molecule has 0 spiro atoms. The maximum Gasteiger partial charge on any atom is 0.698 e. The zero-order chi connectivity index (χ0) is 8.41. The molecular formula is C3H14O6Si2. The lowest BCUT2D eigenvalue weighted by Crippen LogP contribution is -2.42. The van der Waals surface area contributed by atoms with E-state index in [1.807, 2.05) is 0 Å². The minimum atomic E-state index is -4.45. The molecule has 0 aliphatic rings. The van der Waals surface area contributed by atoms with Gasteiger partial charge in [0.15, 0.2) is 0 Å². The van der Waals surface area contributed by atoms with Crippen LogP contribution < -0.4 is 0 Å². The molecule has 0 aliphatic heterocycles. The van der Waals surface area contributed by atoms with Crippen LogP contribution in [0.25, 0.3) is 0 Å². The lowest BCUT2D eigenvalue weighted by Gasteiger charge is -2.17. The van der Waals surface area contributed by atoms with E-state index in [0.717, 1.165) is 0 Å². The largest absolute Gasteiger partial charge is 0.698 e. The van der Waals surface area contributed by atoms with Crippen molar-refractivity contribution in [2.45, 2.75) is 19.6 Å². The highest BCUT2D eigenvalue weighted by Gasteiger charge is 2.35. The standard InChI is InChI=1S/C3H12O5Si2.H2O/c1-9(2,3)7-8-10(4,5)6;/h4-6H,1-3H3;1H2. The van der Waals surface area contributed by atoms with Crippen molar-refractivity contribution in [2.75, 3.05) is 0 Å². The fourth-order valence-electron chi connectivity index (χ4n) is 0.181. The zero-order valence-corrected chi connectivity index (χ0v) is 8.66. The molecule has 0 atom stereocenters. The van der Waals surface area contributed by atoms with Crippen LogP contribution >= 0.6 is 0 Å². The third-order valence-corrected chi connectivity index (χ3v) is 1.46. The quantitative estimate of drug-likeness (QED) is 0.289. The number of rotatable bonds is 3. The first-order chi connectivity index (χ1) is 4.21. The number of hydrogen-bond acceptors (Lipinski definition) is 5. The van der Waals surface area contributed by atoms with Crippen molar-refractivity contribution < 1.29 is 29.0 Å². The van der Waals surface area contributed by atoms with E-state index in [1.54, 1.807) is 19.6 Å². The van der Waals surface area contributed by atoms with E-state index in [1.165, 1.54) is 0 Å². The molecule has 0 radical (unpaired) electrons. The van der Waals surface area contributed by atoms with Crippen molar-refractivity contribution in [3.05, 3.63) is 0 Å². The first-order valence-corrected chi connectivity index (χ1v) is 7.90. The molecular weight excluding hydrogens is 188 g/mol. The third kappa shape index (κ3) is 13.2. The summed E-state index contributed by atoms with van der Waals surface area (Å²) >= 11 is 0. The van der Waals surface area contributed by atoms with Crippen LogP contribution in [0.15, 0.2) is 0 Å². The molecule has 0 saturated carbocycles. The van der Waals surface area contributed by atoms with Gasteiger partial charge in [0.25, 0.3) is 0 Å². The van der Waals surface area contributed by atoms with Gasteiger partial charge in [-0.15, -0.1) is 0 Å². The van der Waals surface area contributed by atoms with Crippen LogP contribution in [-0.2, 0) is 9.15 Å². The van der Waals surface area contributed by atoms with Gasteiger partial charge in [-0.3, -0.25) is 4.58 Å². The Bertz CT molecular complexity index is 89.4. The van der Waals surface area contributed by atoms with Crippen molar-refractivity contribution in [1.29, 1.82) is 0 Å². The molecule has 0 aromatic heterocycles. The van der Waals surface area contributed by atoms with E-state index < -0.39 is 17.4 Å². The van der Waals surface area contributed by atoms with Crippen LogP contribution in [0.5, 0.6) is 0 Å². The first-order valence-electron chi connectivity index (χ1n) is 2.75. The van der Waals surface area contributed by atoms with E-state index in [9.17, 15) is 0 Å². The molecule has 0 unspecified atom stereocenters. The highest BCUT2D eigenvalue weighted by Crippen LogP contribution is 2.04. The van der Waals surface area contributed by atoms with Crippen molar-refractivity contribution >= 4 is 17.4 Å². The van der Waals surface area contributed by atoms with Gasteiger partial charge in [0.2, 0.25) is 8.32 Å². The Hall–Kier alpha value is 0.194. The second kappa shape index (κ2) is 4.28. The average Bonchev–Trinajstić information content (AvgIpc) is 1.57. The monoisotopic (exact) mass is 202 g/mol. The van der Waals surface area contributed by atoms with Gasteiger partial charge < -0.3 is 19.9 Å². The molecule has 6 nitrogen and oxygen atoms in total. The molecule has 70 valence electrons. The van der Waals surface area contributed by atoms with Crippen molar-refractivity contribution in [2.24, 2.45) is 0 Å². The van der Waals surface area contributed by atoms with Crippen LogP contribution in [0.1, 0.15) is 0 Å². The van der Waals surface area contributed by atoms with E-state index in [2.05, 4.69) is 9.15 Å². The zero-order valence-electron chi connectivity index (χ0n) is 6.66. The summed E-state index contributed by atoms with van der Waals surface area (Å²) in [5.41, 5.74) is 0. The maximum atomic E-state index is 8.31. The molecule has 0 amide bonds. The predicted molar refractivity (Wildman–Crippen MR) is 41.5 cm³/mol. The van der Waals surface area contributed by atoms with Gasteiger partial charge >= 0.3 is 9.05 Å². The Kier molecular flexibility index (Phi) is 5.35. The highest BCUT2D eigenvalue weighted by atomic mass is 28.4. The molecule has 0 fully saturated rings.